The number of ether oxygens (including phenoxy) is 1. The maximum Gasteiger partial charge on any atom is 0.230 e. The van der Waals surface area contributed by atoms with Crippen LogP contribution >= 0.6 is 0 Å². The summed E-state index contributed by atoms with van der Waals surface area (Å²) in [6.45, 7) is 9.79. The van der Waals surface area contributed by atoms with Crippen LogP contribution in [-0.2, 0) is 22.5 Å². The zero-order valence-corrected chi connectivity index (χ0v) is 17.0. The highest BCUT2D eigenvalue weighted by molar-refractivity contribution is 5.79. The molecule has 4 heterocycles. The van der Waals surface area contributed by atoms with Crippen LogP contribution in [0.1, 0.15) is 44.4 Å². The van der Waals surface area contributed by atoms with E-state index in [9.17, 15) is 4.79 Å². The number of amides is 1. The lowest BCUT2D eigenvalue weighted by molar-refractivity contribution is -0.142. The lowest BCUT2D eigenvalue weighted by Crippen LogP contribution is -2.52. The molecule has 1 atom stereocenters. The molecule has 8 heteroatoms. The molecule has 0 radical (unpaired) electrons. The van der Waals surface area contributed by atoms with Crippen molar-refractivity contribution in [2.45, 2.75) is 51.6 Å². The summed E-state index contributed by atoms with van der Waals surface area (Å²) in [5.41, 5.74) is 0. The highest BCUT2D eigenvalue weighted by Crippen LogP contribution is 2.26. The molecule has 0 saturated carbocycles. The average Bonchev–Trinajstić information content (AvgIpc) is 3.22. The Hall–Kier alpha value is -1.51. The molecule has 1 amide bonds. The minimum Gasteiger partial charge on any atom is -0.424 e. The molecule has 1 aromatic rings. The van der Waals surface area contributed by atoms with Crippen LogP contribution in [0.3, 0.4) is 0 Å². The number of aryl methyl sites for hydroxylation is 1. The van der Waals surface area contributed by atoms with Crippen LogP contribution < -0.4 is 0 Å². The topological polar surface area (TPSA) is 74.9 Å². The number of likely N-dealkylation sites (tertiary alicyclic amines) is 2. The number of rotatable bonds is 5. The first-order valence-electron chi connectivity index (χ1n) is 10.9. The van der Waals surface area contributed by atoms with E-state index in [1.807, 2.05) is 11.8 Å². The first-order valence-corrected chi connectivity index (χ1v) is 10.9. The summed E-state index contributed by atoms with van der Waals surface area (Å²) in [7, 11) is 0. The second kappa shape index (κ2) is 9.33. The smallest absolute Gasteiger partial charge is 0.230 e. The van der Waals surface area contributed by atoms with E-state index in [4.69, 9.17) is 9.15 Å². The lowest BCUT2D eigenvalue weighted by atomic mass is 9.92. The number of hydrogen-bond donors (Lipinski definition) is 0. The van der Waals surface area contributed by atoms with E-state index in [2.05, 4.69) is 20.0 Å². The predicted octanol–water partition coefficient (Wildman–Crippen LogP) is 1.17. The molecule has 1 aromatic heterocycles. The molecule has 3 saturated heterocycles. The van der Waals surface area contributed by atoms with Gasteiger partial charge >= 0.3 is 0 Å². The molecule has 156 valence electrons. The molecule has 0 bridgehead atoms. The average molecular weight is 392 g/mol. The van der Waals surface area contributed by atoms with Crippen LogP contribution in [0.4, 0.5) is 0 Å². The predicted molar refractivity (Wildman–Crippen MR) is 104 cm³/mol. The minimum atomic E-state index is 0.163. The Labute approximate surface area is 167 Å². The first kappa shape index (κ1) is 19.8. The zero-order valence-electron chi connectivity index (χ0n) is 17.0. The van der Waals surface area contributed by atoms with E-state index in [0.717, 1.165) is 83.8 Å². The fraction of sp³-hybridized carbons (Fsp3) is 0.850. The molecule has 3 fully saturated rings. The van der Waals surface area contributed by atoms with Gasteiger partial charge in [-0.2, -0.15) is 0 Å². The van der Waals surface area contributed by atoms with E-state index < -0.39 is 0 Å². The highest BCUT2D eigenvalue weighted by atomic mass is 16.5. The van der Waals surface area contributed by atoms with Crippen molar-refractivity contribution >= 4 is 5.91 Å². The third-order valence-electron chi connectivity index (χ3n) is 6.37. The van der Waals surface area contributed by atoms with Crippen molar-refractivity contribution in [2.75, 3.05) is 52.5 Å². The maximum absolute atomic E-state index is 12.9. The van der Waals surface area contributed by atoms with Crippen LogP contribution in [-0.4, -0.2) is 89.3 Å². The van der Waals surface area contributed by atoms with Gasteiger partial charge in [0.2, 0.25) is 17.7 Å². The van der Waals surface area contributed by atoms with Crippen LogP contribution in [0.15, 0.2) is 4.42 Å². The standard InChI is InChI=1S/C20H33N5O3/c1-2-18-21-22-19(28-18)15-23-8-5-17(6-9-23)25-7-3-4-16(14-25)20(26)24-10-12-27-13-11-24/h16-17H,2-15H2,1H3/t16-/m1/s1. The van der Waals surface area contributed by atoms with Gasteiger partial charge in [0, 0.05) is 45.2 Å². The van der Waals surface area contributed by atoms with E-state index >= 15 is 0 Å². The minimum absolute atomic E-state index is 0.163. The molecule has 8 nitrogen and oxygen atoms in total. The van der Waals surface area contributed by atoms with Gasteiger partial charge in [-0.25, -0.2) is 0 Å². The van der Waals surface area contributed by atoms with E-state index in [1.165, 1.54) is 0 Å². The lowest BCUT2D eigenvalue weighted by Gasteiger charge is -2.42. The summed E-state index contributed by atoms with van der Waals surface area (Å²) in [4.78, 5) is 19.9. The molecular weight excluding hydrogens is 358 g/mol. The van der Waals surface area contributed by atoms with Crippen molar-refractivity contribution in [2.24, 2.45) is 5.92 Å². The Morgan fingerprint density at radius 3 is 2.50 bits per heavy atom. The van der Waals surface area contributed by atoms with Gasteiger partial charge in [-0.15, -0.1) is 10.2 Å². The van der Waals surface area contributed by atoms with Crippen LogP contribution in [0.2, 0.25) is 0 Å². The van der Waals surface area contributed by atoms with Gasteiger partial charge in [0.1, 0.15) is 0 Å². The quantitative estimate of drug-likeness (QED) is 0.746. The molecule has 0 aromatic carbocycles. The summed E-state index contributed by atoms with van der Waals surface area (Å²) in [5.74, 6) is 1.95. The number of piperidine rings is 2. The van der Waals surface area contributed by atoms with Crippen molar-refractivity contribution in [3.05, 3.63) is 11.8 Å². The van der Waals surface area contributed by atoms with Gasteiger partial charge < -0.3 is 14.1 Å². The molecule has 3 aliphatic rings. The molecule has 0 unspecified atom stereocenters. The van der Waals surface area contributed by atoms with Gasteiger partial charge in [-0.05, 0) is 32.2 Å². The fourth-order valence-electron chi connectivity index (χ4n) is 4.71. The maximum atomic E-state index is 12.9. The van der Waals surface area contributed by atoms with Crippen LogP contribution in [0.25, 0.3) is 0 Å². The first-order chi connectivity index (χ1) is 13.7. The molecule has 28 heavy (non-hydrogen) atoms. The molecular formula is C20H33N5O3. The van der Waals surface area contributed by atoms with Crippen molar-refractivity contribution in [1.82, 2.24) is 24.9 Å². The monoisotopic (exact) mass is 391 g/mol. The number of hydrogen-bond acceptors (Lipinski definition) is 7. The normalized spacial score (nSPS) is 25.9. The van der Waals surface area contributed by atoms with E-state index in [0.29, 0.717) is 31.1 Å². The fourth-order valence-corrected chi connectivity index (χ4v) is 4.71. The Bertz CT molecular complexity index is 638. The van der Waals surface area contributed by atoms with Crippen LogP contribution in [0, 0.1) is 5.92 Å². The molecule has 0 spiro atoms. The molecule has 0 N–H and O–H groups in total. The van der Waals surface area contributed by atoms with Gasteiger partial charge in [0.05, 0.1) is 25.7 Å². The van der Waals surface area contributed by atoms with Gasteiger partial charge in [0.25, 0.3) is 0 Å². The number of nitrogens with zero attached hydrogens (tertiary/aromatic N) is 5. The molecule has 4 rings (SSSR count). The number of morpholine rings is 1. The number of aromatic nitrogens is 2. The third kappa shape index (κ3) is 4.72. The summed E-state index contributed by atoms with van der Waals surface area (Å²) in [5, 5.41) is 8.20. The highest BCUT2D eigenvalue weighted by Gasteiger charge is 2.34. The molecule has 3 aliphatic heterocycles. The van der Waals surface area contributed by atoms with E-state index in [-0.39, 0.29) is 5.92 Å². The molecule has 0 aliphatic carbocycles. The Kier molecular flexibility index (Phi) is 6.59. The summed E-state index contributed by atoms with van der Waals surface area (Å²) < 4.78 is 11.0. The summed E-state index contributed by atoms with van der Waals surface area (Å²) >= 11 is 0. The van der Waals surface area contributed by atoms with Crippen molar-refractivity contribution < 1.29 is 13.9 Å². The summed E-state index contributed by atoms with van der Waals surface area (Å²) in [6, 6.07) is 0.588. The number of carbonyl (C=O) groups is 1. The SMILES string of the molecule is CCc1nnc(CN2CCC(N3CCC[C@@H](C(=O)N4CCOCC4)C3)CC2)o1. The number of carbonyl (C=O) groups excluding carboxylic acids is 1. The third-order valence-corrected chi connectivity index (χ3v) is 6.37. The van der Waals surface area contributed by atoms with Crippen molar-refractivity contribution in [3.63, 3.8) is 0 Å². The van der Waals surface area contributed by atoms with Crippen LogP contribution in [0.5, 0.6) is 0 Å². The van der Waals surface area contributed by atoms with Crippen molar-refractivity contribution in [1.29, 1.82) is 0 Å². The van der Waals surface area contributed by atoms with Gasteiger partial charge in [-0.1, -0.05) is 6.92 Å². The van der Waals surface area contributed by atoms with Gasteiger partial charge in [0.15, 0.2) is 0 Å². The Morgan fingerprint density at radius 1 is 1.04 bits per heavy atom. The van der Waals surface area contributed by atoms with Gasteiger partial charge in [-0.3, -0.25) is 14.6 Å². The summed E-state index contributed by atoms with van der Waals surface area (Å²) in [6.07, 6.45) is 5.24. The zero-order chi connectivity index (χ0) is 19.3. The Balaban J connectivity index is 1.25. The second-order valence-electron chi connectivity index (χ2n) is 8.22. The van der Waals surface area contributed by atoms with E-state index in [1.54, 1.807) is 0 Å². The Morgan fingerprint density at radius 2 is 1.79 bits per heavy atom. The van der Waals surface area contributed by atoms with Crippen molar-refractivity contribution in [3.8, 4) is 0 Å². The largest absolute Gasteiger partial charge is 0.424 e. The second-order valence-corrected chi connectivity index (χ2v) is 8.22.